The number of rotatable bonds is 7. The first-order valence-corrected chi connectivity index (χ1v) is 11.4. The predicted octanol–water partition coefficient (Wildman–Crippen LogP) is 5.48. The third-order valence-corrected chi connectivity index (χ3v) is 6.23. The summed E-state index contributed by atoms with van der Waals surface area (Å²) >= 11 is 6.27. The van der Waals surface area contributed by atoms with Gasteiger partial charge in [0.1, 0.15) is 12.3 Å². The van der Waals surface area contributed by atoms with Gasteiger partial charge >= 0.3 is 0 Å². The number of carbonyl (C=O) groups is 2. The van der Waals surface area contributed by atoms with E-state index in [0.717, 1.165) is 29.7 Å². The van der Waals surface area contributed by atoms with Gasteiger partial charge in [-0.25, -0.2) is 0 Å². The zero-order valence-corrected chi connectivity index (χ0v) is 19.5. The summed E-state index contributed by atoms with van der Waals surface area (Å²) in [6.45, 7) is 4.83. The van der Waals surface area contributed by atoms with Gasteiger partial charge in [0.25, 0.3) is 5.91 Å². The summed E-state index contributed by atoms with van der Waals surface area (Å²) in [7, 11) is 0. The van der Waals surface area contributed by atoms with Crippen molar-refractivity contribution in [2.75, 3.05) is 25.0 Å². The highest BCUT2D eigenvalue weighted by Crippen LogP contribution is 2.29. The molecule has 3 aromatic rings. The fraction of sp³-hybridized carbons (Fsp3) is 0.308. The first kappa shape index (κ1) is 23.1. The molecule has 2 aromatic carbocycles. The Kier molecular flexibility index (Phi) is 7.16. The van der Waals surface area contributed by atoms with E-state index in [1.807, 2.05) is 50.2 Å². The van der Waals surface area contributed by atoms with E-state index >= 15 is 0 Å². The molecule has 2 amide bonds. The van der Waals surface area contributed by atoms with Crippen LogP contribution in [-0.4, -0.2) is 42.5 Å². The molecule has 33 heavy (non-hydrogen) atoms. The Morgan fingerprint density at radius 1 is 1.09 bits per heavy atom. The molecule has 1 aliphatic rings. The number of halogens is 1. The first-order chi connectivity index (χ1) is 15.9. The van der Waals surface area contributed by atoms with Gasteiger partial charge in [-0.15, -0.1) is 0 Å². The number of aryl methyl sites for hydroxylation is 1. The van der Waals surface area contributed by atoms with E-state index in [9.17, 15) is 9.59 Å². The Labute approximate surface area is 198 Å². The lowest BCUT2D eigenvalue weighted by Gasteiger charge is -2.24. The van der Waals surface area contributed by atoms with Crippen molar-refractivity contribution in [1.82, 2.24) is 4.90 Å². The molecule has 0 radical (unpaired) electrons. The van der Waals surface area contributed by atoms with Gasteiger partial charge in [0.05, 0.1) is 11.1 Å². The van der Waals surface area contributed by atoms with Gasteiger partial charge in [-0.1, -0.05) is 35.9 Å². The number of nitrogens with one attached hydrogen (secondary N) is 1. The molecule has 4 rings (SSSR count). The lowest BCUT2D eigenvalue weighted by atomic mass is 10.1. The van der Waals surface area contributed by atoms with Crippen LogP contribution in [0.3, 0.4) is 0 Å². The average Bonchev–Trinajstić information content (AvgIpc) is 3.49. The lowest BCUT2D eigenvalue weighted by molar-refractivity contribution is -0.117. The van der Waals surface area contributed by atoms with E-state index in [0.29, 0.717) is 29.5 Å². The minimum atomic E-state index is -0.361. The van der Waals surface area contributed by atoms with Crippen LogP contribution >= 0.6 is 11.6 Å². The SMILES string of the molecule is Cc1cccc(NC(=O)CN(CC2CCCO2)C(=O)c2ccc(-c3ccccc3Cl)o2)c1C. The molecule has 172 valence electrons. The van der Waals surface area contributed by atoms with Crippen molar-refractivity contribution in [2.45, 2.75) is 32.8 Å². The van der Waals surface area contributed by atoms with Crippen LogP contribution in [0.25, 0.3) is 11.3 Å². The highest BCUT2D eigenvalue weighted by Gasteiger charge is 2.27. The summed E-state index contributed by atoms with van der Waals surface area (Å²) < 4.78 is 11.6. The van der Waals surface area contributed by atoms with Crippen LogP contribution in [0.2, 0.25) is 5.02 Å². The van der Waals surface area contributed by atoms with Crippen molar-refractivity contribution in [1.29, 1.82) is 0 Å². The molecule has 1 aromatic heterocycles. The van der Waals surface area contributed by atoms with Crippen molar-refractivity contribution in [3.63, 3.8) is 0 Å². The zero-order valence-electron chi connectivity index (χ0n) is 18.8. The number of hydrogen-bond acceptors (Lipinski definition) is 4. The summed E-state index contributed by atoms with van der Waals surface area (Å²) in [5, 5.41) is 3.47. The smallest absolute Gasteiger partial charge is 0.290 e. The molecule has 1 saturated heterocycles. The number of hydrogen-bond donors (Lipinski definition) is 1. The maximum atomic E-state index is 13.3. The van der Waals surface area contributed by atoms with Gasteiger partial charge in [-0.2, -0.15) is 0 Å². The molecular weight excluding hydrogens is 440 g/mol. The molecule has 0 spiro atoms. The van der Waals surface area contributed by atoms with Crippen LogP contribution in [0, 0.1) is 13.8 Å². The van der Waals surface area contributed by atoms with E-state index in [-0.39, 0.29) is 30.2 Å². The van der Waals surface area contributed by atoms with E-state index < -0.39 is 0 Å². The van der Waals surface area contributed by atoms with Crippen LogP contribution in [-0.2, 0) is 9.53 Å². The minimum absolute atomic E-state index is 0.0968. The Hall–Kier alpha value is -3.09. The molecule has 1 unspecified atom stereocenters. The van der Waals surface area contributed by atoms with Crippen molar-refractivity contribution in [3.05, 3.63) is 76.5 Å². The van der Waals surface area contributed by atoms with Gasteiger partial charge in [0.2, 0.25) is 5.91 Å². The molecule has 0 saturated carbocycles. The van der Waals surface area contributed by atoms with Crippen molar-refractivity contribution in [3.8, 4) is 11.3 Å². The maximum Gasteiger partial charge on any atom is 0.290 e. The lowest BCUT2D eigenvalue weighted by Crippen LogP contribution is -2.42. The largest absolute Gasteiger partial charge is 0.451 e. The molecule has 1 aliphatic heterocycles. The minimum Gasteiger partial charge on any atom is -0.451 e. The molecule has 6 nitrogen and oxygen atoms in total. The van der Waals surface area contributed by atoms with Crippen LogP contribution in [0.1, 0.15) is 34.5 Å². The summed E-state index contributed by atoms with van der Waals surface area (Å²) in [5.41, 5.74) is 3.53. The fourth-order valence-corrected chi connectivity index (χ4v) is 4.15. The monoisotopic (exact) mass is 466 g/mol. The van der Waals surface area contributed by atoms with Crippen molar-refractivity contribution >= 4 is 29.1 Å². The standard InChI is InChI=1S/C26H27ClN2O4/c1-17-7-5-11-22(18(17)2)28-25(30)16-29(15-19-8-6-14-32-19)26(31)24-13-12-23(33-24)20-9-3-4-10-21(20)27/h3-5,7,9-13,19H,6,8,14-16H2,1-2H3,(H,28,30). The second kappa shape index (κ2) is 10.2. The van der Waals surface area contributed by atoms with Gasteiger partial charge in [-0.05, 0) is 68.1 Å². The molecule has 2 heterocycles. The number of furan rings is 1. The van der Waals surface area contributed by atoms with Crippen molar-refractivity contribution < 1.29 is 18.7 Å². The van der Waals surface area contributed by atoms with Crippen molar-refractivity contribution in [2.24, 2.45) is 0 Å². The second-order valence-corrected chi connectivity index (χ2v) is 8.67. The first-order valence-electron chi connectivity index (χ1n) is 11.0. The van der Waals surface area contributed by atoms with Gasteiger partial charge in [0, 0.05) is 24.4 Å². The molecule has 1 fully saturated rings. The average molecular weight is 467 g/mol. The van der Waals surface area contributed by atoms with E-state index in [1.54, 1.807) is 18.2 Å². The predicted molar refractivity (Wildman–Crippen MR) is 129 cm³/mol. The van der Waals surface area contributed by atoms with E-state index in [4.69, 9.17) is 20.8 Å². The van der Waals surface area contributed by atoms with E-state index in [1.165, 1.54) is 4.90 Å². The van der Waals surface area contributed by atoms with E-state index in [2.05, 4.69) is 5.32 Å². The number of nitrogens with zero attached hydrogens (tertiary/aromatic N) is 1. The van der Waals surface area contributed by atoms with Crippen LogP contribution in [0.5, 0.6) is 0 Å². The number of amides is 2. The zero-order chi connectivity index (χ0) is 23.4. The Morgan fingerprint density at radius 2 is 1.91 bits per heavy atom. The third-order valence-electron chi connectivity index (χ3n) is 5.90. The Balaban J connectivity index is 1.52. The molecule has 7 heteroatoms. The quantitative estimate of drug-likeness (QED) is 0.500. The Morgan fingerprint density at radius 3 is 2.67 bits per heavy atom. The van der Waals surface area contributed by atoms with Gasteiger partial charge < -0.3 is 19.4 Å². The summed E-state index contributed by atoms with van der Waals surface area (Å²) in [6, 6.07) is 16.4. The third kappa shape index (κ3) is 5.46. The van der Waals surface area contributed by atoms with Crippen LogP contribution in [0.15, 0.2) is 59.0 Å². The van der Waals surface area contributed by atoms with Gasteiger partial charge in [-0.3, -0.25) is 9.59 Å². The highest BCUT2D eigenvalue weighted by molar-refractivity contribution is 6.33. The fourth-order valence-electron chi connectivity index (χ4n) is 3.92. The van der Waals surface area contributed by atoms with Crippen LogP contribution < -0.4 is 5.32 Å². The summed E-state index contributed by atoms with van der Waals surface area (Å²) in [5.74, 6) is 0.0242. The number of carbonyl (C=O) groups excluding carboxylic acids is 2. The highest BCUT2D eigenvalue weighted by atomic mass is 35.5. The topological polar surface area (TPSA) is 71.8 Å². The molecule has 0 bridgehead atoms. The maximum absolute atomic E-state index is 13.3. The summed E-state index contributed by atoms with van der Waals surface area (Å²) in [6.07, 6.45) is 1.70. The van der Waals surface area contributed by atoms with Gasteiger partial charge in [0.15, 0.2) is 5.76 Å². The second-order valence-electron chi connectivity index (χ2n) is 8.26. The molecule has 0 aliphatic carbocycles. The summed E-state index contributed by atoms with van der Waals surface area (Å²) in [4.78, 5) is 27.7. The number of anilines is 1. The molecule has 1 atom stereocenters. The number of benzene rings is 2. The molecular formula is C26H27ClN2O4. The van der Waals surface area contributed by atoms with Crippen LogP contribution in [0.4, 0.5) is 5.69 Å². The Bertz CT molecular complexity index is 1150. The molecule has 1 N–H and O–H groups in total. The number of ether oxygens (including phenoxy) is 1. The normalized spacial score (nSPS) is 15.4.